The van der Waals surface area contributed by atoms with Crippen molar-refractivity contribution in [2.45, 2.75) is 6.42 Å². The number of carbonyl (C=O) groups is 1. The van der Waals surface area contributed by atoms with E-state index in [9.17, 15) is 4.79 Å². The quantitative estimate of drug-likeness (QED) is 0.394. The fourth-order valence-electron chi connectivity index (χ4n) is 3.37. The molecule has 2 aromatic heterocycles. The lowest BCUT2D eigenvalue weighted by atomic mass is 10.1. The first-order valence-electron chi connectivity index (χ1n) is 10.3. The second kappa shape index (κ2) is 9.87. The first-order chi connectivity index (χ1) is 15.6. The van der Waals surface area contributed by atoms with Crippen LogP contribution < -0.4 is 9.64 Å². The molecule has 0 spiro atoms. The molecule has 0 N–H and O–H groups in total. The summed E-state index contributed by atoms with van der Waals surface area (Å²) >= 11 is 0. The Bertz CT molecular complexity index is 1210. The molecular weight excluding hydrogens is 404 g/mol. The van der Waals surface area contributed by atoms with E-state index in [2.05, 4.69) is 9.88 Å². The monoisotopic (exact) mass is 428 g/mol. The van der Waals surface area contributed by atoms with Gasteiger partial charge < -0.3 is 14.4 Å². The minimum atomic E-state index is -0.276. The van der Waals surface area contributed by atoms with Crippen LogP contribution in [0.5, 0.6) is 5.75 Å². The molecule has 0 amide bonds. The van der Waals surface area contributed by atoms with Gasteiger partial charge in [0.05, 0.1) is 25.6 Å². The fraction of sp³-hybridized carbons (Fsp3) is 0.200. The highest BCUT2D eigenvalue weighted by atomic mass is 16.5. The van der Waals surface area contributed by atoms with Gasteiger partial charge in [-0.05, 0) is 42.0 Å². The Kier molecular flexibility index (Phi) is 6.55. The molecule has 4 rings (SSSR count). The average molecular weight is 428 g/mol. The summed E-state index contributed by atoms with van der Waals surface area (Å²) in [5, 5.41) is 0.975. The van der Waals surface area contributed by atoms with Gasteiger partial charge in [0.15, 0.2) is 5.82 Å². The lowest BCUT2D eigenvalue weighted by Crippen LogP contribution is -2.25. The van der Waals surface area contributed by atoms with E-state index >= 15 is 0 Å². The molecule has 0 radical (unpaired) electrons. The Labute approximate surface area is 186 Å². The third-order valence-electron chi connectivity index (χ3n) is 5.03. The molecule has 0 aliphatic carbocycles. The van der Waals surface area contributed by atoms with Crippen molar-refractivity contribution in [1.82, 2.24) is 15.0 Å². The molecule has 0 aliphatic heterocycles. The maximum Gasteiger partial charge on any atom is 0.309 e. The van der Waals surface area contributed by atoms with Crippen molar-refractivity contribution in [3.63, 3.8) is 0 Å². The number of esters is 1. The minimum Gasteiger partial charge on any atom is -0.492 e. The number of para-hydroxylation sites is 1. The van der Waals surface area contributed by atoms with Gasteiger partial charge in [0, 0.05) is 30.4 Å². The molecule has 2 heterocycles. The number of fused-ring (bicyclic) bond motifs is 1. The maximum absolute atomic E-state index is 11.5. The normalized spacial score (nSPS) is 10.7. The van der Waals surface area contributed by atoms with E-state index < -0.39 is 0 Å². The smallest absolute Gasteiger partial charge is 0.309 e. The molecule has 0 aliphatic rings. The molecular formula is C25H24N4O3. The van der Waals surface area contributed by atoms with Crippen LogP contribution >= 0.6 is 0 Å². The molecule has 0 saturated carbocycles. The SMILES string of the molecule is COC(=O)Cc1cccc(OCCN(C)c2nc(-c3cccnc3)nc3ccccc23)c1. The van der Waals surface area contributed by atoms with Crippen molar-refractivity contribution < 1.29 is 14.3 Å². The van der Waals surface area contributed by atoms with Crippen molar-refractivity contribution in [3.05, 3.63) is 78.6 Å². The lowest BCUT2D eigenvalue weighted by Gasteiger charge is -2.21. The van der Waals surface area contributed by atoms with Crippen LogP contribution in [0.25, 0.3) is 22.3 Å². The predicted molar refractivity (Wildman–Crippen MR) is 124 cm³/mol. The molecule has 0 bridgehead atoms. The van der Waals surface area contributed by atoms with E-state index in [1.807, 2.05) is 67.7 Å². The molecule has 0 atom stereocenters. The fourth-order valence-corrected chi connectivity index (χ4v) is 3.37. The summed E-state index contributed by atoms with van der Waals surface area (Å²) in [7, 11) is 3.37. The van der Waals surface area contributed by atoms with Crippen molar-refractivity contribution in [2.24, 2.45) is 0 Å². The molecule has 0 fully saturated rings. The van der Waals surface area contributed by atoms with Gasteiger partial charge in [0.25, 0.3) is 0 Å². The summed E-state index contributed by atoms with van der Waals surface area (Å²) in [5.74, 6) is 1.90. The van der Waals surface area contributed by atoms with E-state index in [4.69, 9.17) is 19.4 Å². The predicted octanol–water partition coefficient (Wildman–Crippen LogP) is 3.92. The summed E-state index contributed by atoms with van der Waals surface area (Å²) in [5.41, 5.74) is 2.59. The Morgan fingerprint density at radius 1 is 1.03 bits per heavy atom. The molecule has 0 unspecified atom stereocenters. The van der Waals surface area contributed by atoms with E-state index in [1.165, 1.54) is 7.11 Å². The van der Waals surface area contributed by atoms with Crippen LogP contribution in [0.15, 0.2) is 73.1 Å². The number of anilines is 1. The molecule has 7 heteroatoms. The van der Waals surface area contributed by atoms with Crippen LogP contribution in [0.4, 0.5) is 5.82 Å². The minimum absolute atomic E-state index is 0.220. The van der Waals surface area contributed by atoms with Crippen molar-refractivity contribution in [1.29, 1.82) is 0 Å². The number of pyridine rings is 1. The third kappa shape index (κ3) is 5.00. The second-order valence-electron chi connectivity index (χ2n) is 7.30. The number of methoxy groups -OCH3 is 1. The van der Waals surface area contributed by atoms with Crippen molar-refractivity contribution >= 4 is 22.7 Å². The van der Waals surface area contributed by atoms with Gasteiger partial charge in [0.1, 0.15) is 18.2 Å². The highest BCUT2D eigenvalue weighted by Crippen LogP contribution is 2.26. The summed E-state index contributed by atoms with van der Waals surface area (Å²) < 4.78 is 10.7. The number of carbonyl (C=O) groups excluding carboxylic acids is 1. The lowest BCUT2D eigenvalue weighted by molar-refractivity contribution is -0.139. The Balaban J connectivity index is 1.50. The number of aromatic nitrogens is 3. The van der Waals surface area contributed by atoms with Gasteiger partial charge in [-0.3, -0.25) is 9.78 Å². The number of likely N-dealkylation sites (N-methyl/N-ethyl adjacent to an activating group) is 1. The Morgan fingerprint density at radius 3 is 2.72 bits per heavy atom. The zero-order chi connectivity index (χ0) is 22.3. The molecule has 162 valence electrons. The van der Waals surface area contributed by atoms with Crippen molar-refractivity contribution in [3.8, 4) is 17.1 Å². The topological polar surface area (TPSA) is 77.4 Å². The Hall–Kier alpha value is -4.00. The Morgan fingerprint density at radius 2 is 1.91 bits per heavy atom. The highest BCUT2D eigenvalue weighted by Gasteiger charge is 2.13. The van der Waals surface area contributed by atoms with Crippen LogP contribution in [-0.2, 0) is 16.0 Å². The number of rotatable bonds is 8. The summed E-state index contributed by atoms with van der Waals surface area (Å²) in [6.07, 6.45) is 3.71. The highest BCUT2D eigenvalue weighted by molar-refractivity contribution is 5.90. The van der Waals surface area contributed by atoms with E-state index in [1.54, 1.807) is 12.4 Å². The van der Waals surface area contributed by atoms with E-state index in [-0.39, 0.29) is 12.4 Å². The molecule has 7 nitrogen and oxygen atoms in total. The van der Waals surface area contributed by atoms with Gasteiger partial charge in [-0.15, -0.1) is 0 Å². The number of ether oxygens (including phenoxy) is 2. The molecule has 2 aromatic carbocycles. The zero-order valence-corrected chi connectivity index (χ0v) is 18.1. The molecule has 4 aromatic rings. The summed E-state index contributed by atoms with van der Waals surface area (Å²) in [6.45, 7) is 1.08. The van der Waals surface area contributed by atoms with Crippen molar-refractivity contribution in [2.75, 3.05) is 32.2 Å². The second-order valence-corrected chi connectivity index (χ2v) is 7.30. The van der Waals surface area contributed by atoms with Gasteiger partial charge in [-0.25, -0.2) is 9.97 Å². The van der Waals surface area contributed by atoms with Gasteiger partial charge in [-0.1, -0.05) is 24.3 Å². The van der Waals surface area contributed by atoms with Crippen LogP contribution in [0.2, 0.25) is 0 Å². The number of hydrogen-bond acceptors (Lipinski definition) is 7. The van der Waals surface area contributed by atoms with Crippen LogP contribution in [-0.4, -0.2) is 48.2 Å². The standard InChI is InChI=1S/C25H24N4O3/c1-29(13-14-32-20-9-5-7-18(15-20)16-23(30)31-2)25-21-10-3-4-11-22(21)27-24(28-25)19-8-6-12-26-17-19/h3-12,15,17H,13-14,16H2,1-2H3. The molecule has 32 heavy (non-hydrogen) atoms. The average Bonchev–Trinajstić information content (AvgIpc) is 2.84. The number of hydrogen-bond donors (Lipinski definition) is 0. The van der Waals surface area contributed by atoms with Crippen LogP contribution in [0, 0.1) is 0 Å². The maximum atomic E-state index is 11.5. The molecule has 0 saturated heterocycles. The number of benzene rings is 2. The van der Waals surface area contributed by atoms with E-state index in [0.29, 0.717) is 24.7 Å². The van der Waals surface area contributed by atoms with Gasteiger partial charge in [0.2, 0.25) is 0 Å². The first kappa shape index (κ1) is 21.2. The summed E-state index contributed by atoms with van der Waals surface area (Å²) in [6, 6.07) is 19.3. The summed E-state index contributed by atoms with van der Waals surface area (Å²) in [4.78, 5) is 27.3. The van der Waals surface area contributed by atoms with Gasteiger partial charge >= 0.3 is 5.97 Å². The van der Waals surface area contributed by atoms with Crippen LogP contribution in [0.3, 0.4) is 0 Å². The zero-order valence-electron chi connectivity index (χ0n) is 18.1. The number of nitrogens with zero attached hydrogens (tertiary/aromatic N) is 4. The van der Waals surface area contributed by atoms with Gasteiger partial charge in [-0.2, -0.15) is 0 Å². The van der Waals surface area contributed by atoms with Crippen LogP contribution in [0.1, 0.15) is 5.56 Å². The largest absolute Gasteiger partial charge is 0.492 e. The van der Waals surface area contributed by atoms with E-state index in [0.717, 1.165) is 27.8 Å². The first-order valence-corrected chi connectivity index (χ1v) is 10.3. The third-order valence-corrected chi connectivity index (χ3v) is 5.03.